The maximum Gasteiger partial charge on any atom is 0.138 e. The van der Waals surface area contributed by atoms with Crippen LogP contribution in [0.25, 0.3) is 0 Å². The summed E-state index contributed by atoms with van der Waals surface area (Å²) in [7, 11) is 0. The highest BCUT2D eigenvalue weighted by Crippen LogP contribution is 2.68. The number of aliphatic hydroxyl groups is 1. The fourth-order valence-electron chi connectivity index (χ4n) is 7.87. The Bertz CT molecular complexity index is 524. The molecule has 23 heavy (non-hydrogen) atoms. The highest BCUT2D eigenvalue weighted by Gasteiger charge is 2.62. The number of carbonyl (C=O) groups is 1. The van der Waals surface area contributed by atoms with Gasteiger partial charge in [-0.2, -0.15) is 0 Å². The van der Waals surface area contributed by atoms with Gasteiger partial charge in [0.05, 0.1) is 6.10 Å². The molecule has 130 valence electrons. The van der Waals surface area contributed by atoms with E-state index in [4.69, 9.17) is 0 Å². The molecule has 0 aromatic carbocycles. The van der Waals surface area contributed by atoms with Gasteiger partial charge in [-0.1, -0.05) is 27.7 Å². The van der Waals surface area contributed by atoms with Crippen LogP contribution in [-0.2, 0) is 4.79 Å². The van der Waals surface area contributed by atoms with Crippen molar-refractivity contribution in [3.8, 4) is 0 Å². The second-order valence-corrected chi connectivity index (χ2v) is 10.3. The summed E-state index contributed by atoms with van der Waals surface area (Å²) in [6, 6.07) is 0. The standard InChI is InChI=1S/C21H34O2/c1-19(2)16-7-5-13-14-6-8-18(23)21(14,4)11-9-15(13)20(16,3)12-10-17(19)22/h13-16,18,23H,5-12H2,1-4H3/t13-,14?,15?,16?,18?,20+,21-/m0/s1. The lowest BCUT2D eigenvalue weighted by Gasteiger charge is -2.63. The van der Waals surface area contributed by atoms with Crippen molar-refractivity contribution in [2.45, 2.75) is 85.2 Å². The minimum atomic E-state index is -0.131. The van der Waals surface area contributed by atoms with Gasteiger partial charge in [0.2, 0.25) is 0 Å². The molecule has 0 saturated heterocycles. The molecule has 0 aliphatic heterocycles. The summed E-state index contributed by atoms with van der Waals surface area (Å²) in [5.74, 6) is 3.34. The minimum Gasteiger partial charge on any atom is -0.393 e. The maximum atomic E-state index is 12.5. The van der Waals surface area contributed by atoms with E-state index >= 15 is 0 Å². The van der Waals surface area contributed by atoms with E-state index < -0.39 is 0 Å². The van der Waals surface area contributed by atoms with E-state index in [-0.39, 0.29) is 16.9 Å². The molecule has 1 N–H and O–H groups in total. The van der Waals surface area contributed by atoms with Crippen LogP contribution in [0.4, 0.5) is 0 Å². The van der Waals surface area contributed by atoms with E-state index in [0.29, 0.717) is 17.1 Å². The van der Waals surface area contributed by atoms with Gasteiger partial charge in [0.15, 0.2) is 0 Å². The van der Waals surface area contributed by atoms with E-state index in [0.717, 1.165) is 37.0 Å². The van der Waals surface area contributed by atoms with Gasteiger partial charge in [-0.25, -0.2) is 0 Å². The third-order valence-corrected chi connectivity index (χ3v) is 9.30. The summed E-state index contributed by atoms with van der Waals surface area (Å²) in [5.41, 5.74) is 0.382. The lowest BCUT2D eigenvalue weighted by molar-refractivity contribution is -0.166. The van der Waals surface area contributed by atoms with Gasteiger partial charge < -0.3 is 5.11 Å². The largest absolute Gasteiger partial charge is 0.393 e. The third kappa shape index (κ3) is 1.94. The van der Waals surface area contributed by atoms with Gasteiger partial charge in [-0.05, 0) is 79.4 Å². The zero-order valence-corrected chi connectivity index (χ0v) is 15.4. The Morgan fingerprint density at radius 2 is 1.57 bits per heavy atom. The number of Topliss-reactive ketones (excluding diaryl/α,β-unsaturated/α-hetero) is 1. The molecular weight excluding hydrogens is 284 g/mol. The molecule has 2 nitrogen and oxygen atoms in total. The van der Waals surface area contributed by atoms with Crippen LogP contribution in [0.1, 0.15) is 79.1 Å². The molecule has 0 radical (unpaired) electrons. The van der Waals surface area contributed by atoms with Gasteiger partial charge in [-0.3, -0.25) is 4.79 Å². The maximum absolute atomic E-state index is 12.5. The van der Waals surface area contributed by atoms with Crippen molar-refractivity contribution in [1.29, 1.82) is 0 Å². The Balaban J connectivity index is 1.68. The van der Waals surface area contributed by atoms with Crippen LogP contribution < -0.4 is 0 Å². The molecule has 4 saturated carbocycles. The zero-order chi connectivity index (χ0) is 16.6. The van der Waals surface area contributed by atoms with Crippen molar-refractivity contribution in [1.82, 2.24) is 0 Å². The number of ketones is 1. The molecule has 4 fully saturated rings. The van der Waals surface area contributed by atoms with Crippen molar-refractivity contribution in [3.05, 3.63) is 0 Å². The third-order valence-electron chi connectivity index (χ3n) is 9.30. The number of carbonyl (C=O) groups excluding carboxylic acids is 1. The Kier molecular flexibility index (Phi) is 3.39. The van der Waals surface area contributed by atoms with Crippen molar-refractivity contribution in [2.24, 2.45) is 39.9 Å². The van der Waals surface area contributed by atoms with Crippen molar-refractivity contribution in [3.63, 3.8) is 0 Å². The molecule has 0 bridgehead atoms. The lowest BCUT2D eigenvalue weighted by atomic mass is 9.41. The van der Waals surface area contributed by atoms with E-state index in [2.05, 4.69) is 27.7 Å². The topological polar surface area (TPSA) is 37.3 Å². The molecule has 0 aromatic rings. The number of hydrogen-bond donors (Lipinski definition) is 1. The monoisotopic (exact) mass is 318 g/mol. The average Bonchev–Trinajstić information content (AvgIpc) is 2.79. The second-order valence-electron chi connectivity index (χ2n) is 10.3. The summed E-state index contributed by atoms with van der Waals surface area (Å²) >= 11 is 0. The minimum absolute atomic E-state index is 0.0802. The Morgan fingerprint density at radius 1 is 0.870 bits per heavy atom. The van der Waals surface area contributed by atoms with Crippen LogP contribution in [0.15, 0.2) is 0 Å². The Labute approximate surface area is 141 Å². The van der Waals surface area contributed by atoms with Gasteiger partial charge >= 0.3 is 0 Å². The molecule has 4 aliphatic rings. The second kappa shape index (κ2) is 4.84. The normalized spacial score (nSPS) is 55.0. The molecule has 2 heteroatoms. The van der Waals surface area contributed by atoms with Gasteiger partial charge in [0, 0.05) is 11.8 Å². The summed E-state index contributed by atoms with van der Waals surface area (Å²) in [5, 5.41) is 10.5. The first-order valence-corrected chi connectivity index (χ1v) is 9.92. The number of fused-ring (bicyclic) bond motifs is 5. The molecule has 0 amide bonds. The zero-order valence-electron chi connectivity index (χ0n) is 15.4. The Hall–Kier alpha value is -0.370. The molecule has 4 unspecified atom stereocenters. The van der Waals surface area contributed by atoms with E-state index in [9.17, 15) is 9.90 Å². The molecule has 4 rings (SSSR count). The van der Waals surface area contributed by atoms with Gasteiger partial charge in [0.1, 0.15) is 5.78 Å². The van der Waals surface area contributed by atoms with Gasteiger partial charge in [-0.15, -0.1) is 0 Å². The molecule has 7 atom stereocenters. The summed E-state index contributed by atoms with van der Waals surface area (Å²) in [6.07, 6.45) is 9.01. The van der Waals surface area contributed by atoms with Crippen LogP contribution in [0, 0.1) is 39.9 Å². The first kappa shape index (κ1) is 16.1. The summed E-state index contributed by atoms with van der Waals surface area (Å²) in [4.78, 5) is 12.5. The van der Waals surface area contributed by atoms with Crippen LogP contribution >= 0.6 is 0 Å². The van der Waals surface area contributed by atoms with Crippen molar-refractivity contribution >= 4 is 5.78 Å². The fraction of sp³-hybridized carbons (Fsp3) is 0.952. The van der Waals surface area contributed by atoms with E-state index in [1.54, 1.807) is 0 Å². The Morgan fingerprint density at radius 3 is 2.30 bits per heavy atom. The molecule has 0 spiro atoms. The number of aliphatic hydroxyl groups excluding tert-OH is 1. The molecule has 0 heterocycles. The predicted octanol–water partition coefficient (Wildman–Crippen LogP) is 4.60. The van der Waals surface area contributed by atoms with Crippen molar-refractivity contribution < 1.29 is 9.90 Å². The molecule has 4 aliphatic carbocycles. The van der Waals surface area contributed by atoms with Crippen molar-refractivity contribution in [2.75, 3.05) is 0 Å². The summed E-state index contributed by atoms with van der Waals surface area (Å²) in [6.45, 7) is 9.29. The smallest absolute Gasteiger partial charge is 0.138 e. The lowest BCUT2D eigenvalue weighted by Crippen LogP contribution is -2.58. The van der Waals surface area contributed by atoms with Crippen LogP contribution in [0.3, 0.4) is 0 Å². The number of rotatable bonds is 0. The van der Waals surface area contributed by atoms with E-state index in [1.807, 2.05) is 0 Å². The van der Waals surface area contributed by atoms with E-state index in [1.165, 1.54) is 32.1 Å². The first-order valence-electron chi connectivity index (χ1n) is 9.92. The fourth-order valence-corrected chi connectivity index (χ4v) is 7.87. The quantitative estimate of drug-likeness (QED) is 0.709. The highest BCUT2D eigenvalue weighted by molar-refractivity contribution is 5.85. The SMILES string of the molecule is CC1(C)C(=O)CC[C@]2(C)C3CC[C@]4(C)C(O)CCC4[C@@H]3CCC12. The first-order chi connectivity index (χ1) is 10.7. The summed E-state index contributed by atoms with van der Waals surface area (Å²) < 4.78 is 0. The number of hydrogen-bond acceptors (Lipinski definition) is 2. The van der Waals surface area contributed by atoms with Crippen LogP contribution in [-0.4, -0.2) is 17.0 Å². The van der Waals surface area contributed by atoms with Crippen LogP contribution in [0.5, 0.6) is 0 Å². The molecular formula is C21H34O2. The van der Waals surface area contributed by atoms with Gasteiger partial charge in [0.25, 0.3) is 0 Å². The highest BCUT2D eigenvalue weighted by atomic mass is 16.3. The molecule has 0 aromatic heterocycles. The average molecular weight is 319 g/mol. The van der Waals surface area contributed by atoms with Crippen LogP contribution in [0.2, 0.25) is 0 Å². The predicted molar refractivity (Wildman–Crippen MR) is 91.9 cm³/mol.